The molecule has 0 aliphatic carbocycles. The largest absolute Gasteiger partial charge is 0.327 e. The van der Waals surface area contributed by atoms with Crippen molar-refractivity contribution in [3.8, 4) is 0 Å². The molecule has 20 heavy (non-hydrogen) atoms. The van der Waals surface area contributed by atoms with Crippen molar-refractivity contribution in [3.63, 3.8) is 0 Å². The molecule has 1 unspecified atom stereocenters. The zero-order chi connectivity index (χ0) is 15.5. The third kappa shape index (κ3) is 4.49. The normalized spacial score (nSPS) is 13.3. The van der Waals surface area contributed by atoms with E-state index in [1.165, 1.54) is 27.8 Å². The zero-order valence-corrected chi connectivity index (χ0v) is 14.1. The molecule has 0 aliphatic heterocycles. The second-order valence-electron chi connectivity index (χ2n) is 7.11. The average Bonchev–Trinajstić information content (AvgIpc) is 2.32. The molecule has 0 fully saturated rings. The van der Waals surface area contributed by atoms with Gasteiger partial charge in [0.1, 0.15) is 0 Å². The lowest BCUT2D eigenvalue weighted by Crippen LogP contribution is -2.24. The lowest BCUT2D eigenvalue weighted by atomic mass is 9.82. The highest BCUT2D eigenvalue weighted by Gasteiger charge is 2.17. The first-order valence-electron chi connectivity index (χ1n) is 7.68. The predicted molar refractivity (Wildman–Crippen MR) is 90.3 cm³/mol. The molecule has 0 bridgehead atoms. The summed E-state index contributed by atoms with van der Waals surface area (Å²) in [5, 5.41) is 0. The molecule has 0 aliphatic rings. The second kappa shape index (κ2) is 6.58. The van der Waals surface area contributed by atoms with Crippen LogP contribution in [0.5, 0.6) is 0 Å². The summed E-state index contributed by atoms with van der Waals surface area (Å²) in [7, 11) is 0. The van der Waals surface area contributed by atoms with Gasteiger partial charge in [-0.1, -0.05) is 52.0 Å². The van der Waals surface area contributed by atoms with Gasteiger partial charge in [-0.15, -0.1) is 0 Å². The Bertz CT molecular complexity index is 454. The van der Waals surface area contributed by atoms with E-state index in [0.717, 1.165) is 19.3 Å². The Morgan fingerprint density at radius 3 is 2.10 bits per heavy atom. The Kier molecular flexibility index (Phi) is 5.59. The molecule has 0 saturated heterocycles. The van der Waals surface area contributed by atoms with Crippen molar-refractivity contribution < 1.29 is 0 Å². The molecule has 1 aromatic rings. The van der Waals surface area contributed by atoms with Crippen LogP contribution in [0.15, 0.2) is 24.3 Å². The molecule has 0 spiro atoms. The molecule has 1 aromatic carbocycles. The van der Waals surface area contributed by atoms with Crippen molar-refractivity contribution >= 4 is 0 Å². The summed E-state index contributed by atoms with van der Waals surface area (Å²) in [5.41, 5.74) is 13.3. The minimum absolute atomic E-state index is 0.181. The number of hydrogen-bond acceptors (Lipinski definition) is 1. The SMILES string of the molecule is C=C(CC)CC(N)Cc1c(C)cc(C(C)(C)C)cc1C. The van der Waals surface area contributed by atoms with E-state index >= 15 is 0 Å². The van der Waals surface area contributed by atoms with Gasteiger partial charge in [-0.3, -0.25) is 0 Å². The van der Waals surface area contributed by atoms with Crippen molar-refractivity contribution in [2.75, 3.05) is 0 Å². The number of aryl methyl sites for hydroxylation is 2. The van der Waals surface area contributed by atoms with Crippen molar-refractivity contribution in [2.45, 2.75) is 72.3 Å². The third-order valence-electron chi connectivity index (χ3n) is 4.08. The van der Waals surface area contributed by atoms with E-state index in [1.807, 2.05) is 0 Å². The molecule has 0 amide bonds. The molecule has 1 heteroatoms. The van der Waals surface area contributed by atoms with Gasteiger partial charge in [0.05, 0.1) is 0 Å². The molecule has 0 saturated carbocycles. The van der Waals surface area contributed by atoms with Crippen LogP contribution in [0.3, 0.4) is 0 Å². The molecular formula is C19H31N. The Balaban J connectivity index is 2.95. The summed E-state index contributed by atoms with van der Waals surface area (Å²) < 4.78 is 0. The number of nitrogens with two attached hydrogens (primary N) is 1. The molecule has 0 radical (unpaired) electrons. The highest BCUT2D eigenvalue weighted by Crippen LogP contribution is 2.27. The van der Waals surface area contributed by atoms with Gasteiger partial charge in [0.15, 0.2) is 0 Å². The summed E-state index contributed by atoms with van der Waals surface area (Å²) in [6.45, 7) is 17.4. The lowest BCUT2D eigenvalue weighted by Gasteiger charge is -2.23. The van der Waals surface area contributed by atoms with E-state index in [0.29, 0.717) is 0 Å². The first-order valence-corrected chi connectivity index (χ1v) is 7.68. The van der Waals surface area contributed by atoms with Gasteiger partial charge in [-0.05, 0) is 60.8 Å². The van der Waals surface area contributed by atoms with Gasteiger partial charge in [0.25, 0.3) is 0 Å². The maximum atomic E-state index is 6.28. The molecule has 1 atom stereocenters. The van der Waals surface area contributed by atoms with Crippen LogP contribution < -0.4 is 5.73 Å². The zero-order valence-electron chi connectivity index (χ0n) is 14.1. The maximum absolute atomic E-state index is 6.28. The monoisotopic (exact) mass is 273 g/mol. The van der Waals surface area contributed by atoms with Crippen LogP contribution in [0.25, 0.3) is 0 Å². The van der Waals surface area contributed by atoms with Gasteiger partial charge in [0, 0.05) is 6.04 Å². The van der Waals surface area contributed by atoms with Crippen LogP contribution in [0.4, 0.5) is 0 Å². The molecule has 2 N–H and O–H groups in total. The van der Waals surface area contributed by atoms with Crippen LogP contribution >= 0.6 is 0 Å². The molecule has 1 nitrogen and oxygen atoms in total. The van der Waals surface area contributed by atoms with Gasteiger partial charge in [0.2, 0.25) is 0 Å². The lowest BCUT2D eigenvalue weighted by molar-refractivity contribution is 0.587. The number of benzene rings is 1. The fraction of sp³-hybridized carbons (Fsp3) is 0.579. The fourth-order valence-corrected chi connectivity index (χ4v) is 2.60. The van der Waals surface area contributed by atoms with E-state index in [1.54, 1.807) is 0 Å². The number of hydrogen-bond donors (Lipinski definition) is 1. The van der Waals surface area contributed by atoms with E-state index in [-0.39, 0.29) is 11.5 Å². The van der Waals surface area contributed by atoms with Gasteiger partial charge in [-0.2, -0.15) is 0 Å². The van der Waals surface area contributed by atoms with Crippen molar-refractivity contribution in [2.24, 2.45) is 5.73 Å². The van der Waals surface area contributed by atoms with Gasteiger partial charge >= 0.3 is 0 Å². The minimum Gasteiger partial charge on any atom is -0.327 e. The predicted octanol–water partition coefficient (Wildman–Crippen LogP) is 4.83. The maximum Gasteiger partial charge on any atom is 0.0117 e. The van der Waals surface area contributed by atoms with Crippen molar-refractivity contribution in [1.82, 2.24) is 0 Å². The topological polar surface area (TPSA) is 26.0 Å². The molecule has 112 valence electrons. The van der Waals surface area contributed by atoms with Gasteiger partial charge < -0.3 is 5.73 Å². The second-order valence-corrected chi connectivity index (χ2v) is 7.11. The standard InChI is InChI=1S/C19H31N/c1-8-13(2)9-17(20)12-18-14(3)10-16(11-15(18)4)19(5,6)7/h10-11,17H,2,8-9,12,20H2,1,3-7H3. The van der Waals surface area contributed by atoms with Crippen molar-refractivity contribution in [1.29, 1.82) is 0 Å². The van der Waals surface area contributed by atoms with Crippen LogP contribution in [0.1, 0.15) is 62.8 Å². The fourth-order valence-electron chi connectivity index (χ4n) is 2.60. The Labute approximate surface area is 125 Å². The first-order chi connectivity index (χ1) is 9.15. The van der Waals surface area contributed by atoms with Crippen LogP contribution in [0.2, 0.25) is 0 Å². The Hall–Kier alpha value is -1.08. The third-order valence-corrected chi connectivity index (χ3v) is 4.08. The highest BCUT2D eigenvalue weighted by molar-refractivity contribution is 5.41. The molecule has 0 aromatic heterocycles. The summed E-state index contributed by atoms with van der Waals surface area (Å²) in [5.74, 6) is 0. The molecule has 1 rings (SSSR count). The molecule has 0 heterocycles. The van der Waals surface area contributed by atoms with Crippen LogP contribution in [0, 0.1) is 13.8 Å². The highest BCUT2D eigenvalue weighted by atomic mass is 14.6. The Morgan fingerprint density at radius 2 is 1.70 bits per heavy atom. The number of rotatable bonds is 5. The summed E-state index contributed by atoms with van der Waals surface area (Å²) in [6, 6.07) is 4.83. The van der Waals surface area contributed by atoms with Crippen LogP contribution in [-0.2, 0) is 11.8 Å². The molecular weight excluding hydrogens is 242 g/mol. The Morgan fingerprint density at radius 1 is 1.20 bits per heavy atom. The van der Waals surface area contributed by atoms with Gasteiger partial charge in [-0.25, -0.2) is 0 Å². The smallest absolute Gasteiger partial charge is 0.0117 e. The van der Waals surface area contributed by atoms with E-state index in [2.05, 4.69) is 60.3 Å². The minimum atomic E-state index is 0.181. The summed E-state index contributed by atoms with van der Waals surface area (Å²) in [6.07, 6.45) is 2.89. The summed E-state index contributed by atoms with van der Waals surface area (Å²) >= 11 is 0. The quantitative estimate of drug-likeness (QED) is 0.764. The average molecular weight is 273 g/mol. The van der Waals surface area contributed by atoms with Crippen LogP contribution in [-0.4, -0.2) is 6.04 Å². The first kappa shape index (κ1) is 17.0. The van der Waals surface area contributed by atoms with E-state index in [9.17, 15) is 0 Å². The van der Waals surface area contributed by atoms with E-state index < -0.39 is 0 Å². The van der Waals surface area contributed by atoms with E-state index in [4.69, 9.17) is 5.73 Å². The summed E-state index contributed by atoms with van der Waals surface area (Å²) in [4.78, 5) is 0. The van der Waals surface area contributed by atoms with Crippen molar-refractivity contribution in [3.05, 3.63) is 46.5 Å².